The van der Waals surface area contributed by atoms with Crippen molar-refractivity contribution >= 4 is 17.5 Å². The first-order valence-electron chi connectivity index (χ1n) is 10.1. The number of anilines is 1. The largest absolute Gasteiger partial charge is 0.508 e. The van der Waals surface area contributed by atoms with Gasteiger partial charge < -0.3 is 15.7 Å². The molecule has 2 heterocycles. The molecule has 4 rings (SSSR count). The number of benzene rings is 1. The number of dihydropyridines is 1. The van der Waals surface area contributed by atoms with E-state index >= 15 is 0 Å². The molecule has 1 amide bonds. The maximum atomic E-state index is 13.3. The fraction of sp³-hybridized carbons (Fsp3) is 0.292. The van der Waals surface area contributed by atoms with E-state index in [2.05, 4.69) is 22.5 Å². The van der Waals surface area contributed by atoms with Crippen LogP contribution in [-0.2, 0) is 9.59 Å². The third-order valence-electron chi connectivity index (χ3n) is 5.66. The molecule has 0 spiro atoms. The van der Waals surface area contributed by atoms with Gasteiger partial charge in [0.25, 0.3) is 5.91 Å². The van der Waals surface area contributed by atoms with Crippen molar-refractivity contribution in [2.75, 3.05) is 5.32 Å². The van der Waals surface area contributed by atoms with E-state index in [-0.39, 0.29) is 23.4 Å². The fourth-order valence-corrected chi connectivity index (χ4v) is 4.26. The van der Waals surface area contributed by atoms with Gasteiger partial charge in [0.05, 0.1) is 0 Å². The van der Waals surface area contributed by atoms with Crippen molar-refractivity contribution in [2.24, 2.45) is 5.92 Å². The minimum absolute atomic E-state index is 0.0561. The summed E-state index contributed by atoms with van der Waals surface area (Å²) in [6.45, 7) is 5.85. The molecule has 3 N–H and O–H groups in total. The van der Waals surface area contributed by atoms with Gasteiger partial charge >= 0.3 is 0 Å². The number of phenolic OH excluding ortho intramolecular Hbond substituents is 1. The summed E-state index contributed by atoms with van der Waals surface area (Å²) in [6, 6.07) is 10.3. The quantitative estimate of drug-likeness (QED) is 0.722. The zero-order valence-corrected chi connectivity index (χ0v) is 17.3. The SMILES string of the molecule is CC1=C(C(=O)Nc2ccc(C)cn2)[C@@H](c2ccc(O)cc2)C2=C(C[C@@H](C)CC2=O)N1. The summed E-state index contributed by atoms with van der Waals surface area (Å²) in [5.41, 5.74) is 4.54. The molecule has 1 aliphatic heterocycles. The Morgan fingerprint density at radius 3 is 2.53 bits per heavy atom. The maximum absolute atomic E-state index is 13.3. The number of hydrogen-bond acceptors (Lipinski definition) is 5. The number of hydrogen-bond donors (Lipinski definition) is 3. The Hall–Kier alpha value is -3.41. The lowest BCUT2D eigenvalue weighted by molar-refractivity contribution is -0.117. The van der Waals surface area contributed by atoms with E-state index in [0.717, 1.165) is 28.9 Å². The number of aromatic nitrogens is 1. The molecule has 0 saturated heterocycles. The van der Waals surface area contributed by atoms with Gasteiger partial charge in [0.1, 0.15) is 11.6 Å². The summed E-state index contributed by atoms with van der Waals surface area (Å²) in [4.78, 5) is 30.6. The van der Waals surface area contributed by atoms with Crippen LogP contribution in [0.25, 0.3) is 0 Å². The molecule has 0 bridgehead atoms. The fourth-order valence-electron chi connectivity index (χ4n) is 4.26. The zero-order chi connectivity index (χ0) is 21.4. The monoisotopic (exact) mass is 403 g/mol. The summed E-state index contributed by atoms with van der Waals surface area (Å²) in [5, 5.41) is 15.9. The molecule has 6 nitrogen and oxygen atoms in total. The number of rotatable bonds is 3. The third kappa shape index (κ3) is 3.73. The number of pyridine rings is 1. The molecular weight excluding hydrogens is 378 g/mol. The minimum atomic E-state index is -0.493. The molecule has 0 saturated carbocycles. The van der Waals surface area contributed by atoms with Crippen LogP contribution in [0.4, 0.5) is 5.82 Å². The second-order valence-electron chi connectivity index (χ2n) is 8.19. The Bertz CT molecular complexity index is 1070. The van der Waals surface area contributed by atoms with Crippen LogP contribution in [-0.4, -0.2) is 21.8 Å². The molecular formula is C24H25N3O3. The molecule has 6 heteroatoms. The van der Waals surface area contributed by atoms with E-state index in [0.29, 0.717) is 23.4 Å². The van der Waals surface area contributed by atoms with Crippen molar-refractivity contribution in [1.82, 2.24) is 10.3 Å². The number of nitrogens with one attached hydrogen (secondary N) is 2. The van der Waals surface area contributed by atoms with Crippen molar-refractivity contribution in [1.29, 1.82) is 0 Å². The predicted molar refractivity (Wildman–Crippen MR) is 115 cm³/mol. The lowest BCUT2D eigenvalue weighted by atomic mass is 9.73. The highest BCUT2D eigenvalue weighted by atomic mass is 16.3. The number of nitrogens with zero attached hydrogens (tertiary/aromatic N) is 1. The Balaban J connectivity index is 1.78. The number of Topliss-reactive ketones (excluding diaryl/α,β-unsaturated/α-hetero) is 1. The van der Waals surface area contributed by atoms with Gasteiger partial charge in [0.2, 0.25) is 0 Å². The number of carbonyl (C=O) groups excluding carboxylic acids is 2. The highest BCUT2D eigenvalue weighted by Gasteiger charge is 2.39. The lowest BCUT2D eigenvalue weighted by Crippen LogP contribution is -2.37. The van der Waals surface area contributed by atoms with Crippen LogP contribution >= 0.6 is 0 Å². The van der Waals surface area contributed by atoms with E-state index in [1.807, 2.05) is 19.9 Å². The number of ketones is 1. The summed E-state index contributed by atoms with van der Waals surface area (Å²) >= 11 is 0. The molecule has 30 heavy (non-hydrogen) atoms. The Kier molecular flexibility index (Phi) is 5.16. The standard InChI is InChI=1S/C24H25N3O3/c1-13-4-9-20(25-12-13)27-24(30)21-15(3)26-18-10-14(2)11-19(29)23(18)22(21)16-5-7-17(28)8-6-16/h4-9,12,14,22,26,28H,10-11H2,1-3H3,(H,25,27,30)/t14-,22-/m1/s1. The average molecular weight is 403 g/mol. The molecule has 0 fully saturated rings. The van der Waals surface area contributed by atoms with Crippen LogP contribution in [0, 0.1) is 12.8 Å². The van der Waals surface area contributed by atoms with Gasteiger partial charge in [-0.05, 0) is 55.5 Å². The highest BCUT2D eigenvalue weighted by Crippen LogP contribution is 2.43. The van der Waals surface area contributed by atoms with Gasteiger partial charge in [0, 0.05) is 41.1 Å². The number of aromatic hydroxyl groups is 1. The maximum Gasteiger partial charge on any atom is 0.255 e. The second kappa shape index (κ2) is 7.78. The summed E-state index contributed by atoms with van der Waals surface area (Å²) in [6.07, 6.45) is 2.92. The van der Waals surface area contributed by atoms with Crippen LogP contribution in [0.1, 0.15) is 43.7 Å². The van der Waals surface area contributed by atoms with Crippen LogP contribution < -0.4 is 10.6 Å². The van der Waals surface area contributed by atoms with E-state index < -0.39 is 5.92 Å². The predicted octanol–water partition coefficient (Wildman–Crippen LogP) is 3.95. The van der Waals surface area contributed by atoms with Crippen LogP contribution in [0.15, 0.2) is 65.1 Å². The number of phenols is 1. The van der Waals surface area contributed by atoms with Crippen LogP contribution in [0.2, 0.25) is 0 Å². The van der Waals surface area contributed by atoms with Gasteiger partial charge in [-0.25, -0.2) is 4.98 Å². The highest BCUT2D eigenvalue weighted by molar-refractivity contribution is 6.09. The zero-order valence-electron chi connectivity index (χ0n) is 17.3. The minimum Gasteiger partial charge on any atom is -0.508 e. The van der Waals surface area contributed by atoms with Crippen LogP contribution in [0.5, 0.6) is 5.75 Å². The molecule has 2 aliphatic rings. The number of allylic oxidation sites excluding steroid dienone is 3. The molecule has 1 aromatic carbocycles. The first-order valence-corrected chi connectivity index (χ1v) is 10.1. The van der Waals surface area contributed by atoms with Gasteiger partial charge in [-0.1, -0.05) is 25.1 Å². The van der Waals surface area contributed by atoms with E-state index in [4.69, 9.17) is 0 Å². The second-order valence-corrected chi connectivity index (χ2v) is 8.19. The van der Waals surface area contributed by atoms with Crippen molar-refractivity contribution in [3.05, 3.63) is 76.3 Å². The van der Waals surface area contributed by atoms with E-state index in [1.54, 1.807) is 36.5 Å². The van der Waals surface area contributed by atoms with Gasteiger partial charge in [-0.2, -0.15) is 0 Å². The summed E-state index contributed by atoms with van der Waals surface area (Å²) in [5.74, 6) is 0.115. The van der Waals surface area contributed by atoms with Crippen LogP contribution in [0.3, 0.4) is 0 Å². The van der Waals surface area contributed by atoms with Gasteiger partial charge in [-0.3, -0.25) is 9.59 Å². The van der Waals surface area contributed by atoms with E-state index in [9.17, 15) is 14.7 Å². The number of amides is 1. The first-order chi connectivity index (χ1) is 14.3. The van der Waals surface area contributed by atoms with Gasteiger partial charge in [-0.15, -0.1) is 0 Å². The Morgan fingerprint density at radius 1 is 1.13 bits per heavy atom. The smallest absolute Gasteiger partial charge is 0.255 e. The number of aryl methyl sites for hydroxylation is 1. The third-order valence-corrected chi connectivity index (χ3v) is 5.66. The molecule has 154 valence electrons. The lowest BCUT2D eigenvalue weighted by Gasteiger charge is -2.36. The Labute approximate surface area is 175 Å². The normalized spacial score (nSPS) is 21.2. The molecule has 2 aromatic rings. The summed E-state index contributed by atoms with van der Waals surface area (Å²) < 4.78 is 0. The number of carbonyl (C=O) groups is 2. The topological polar surface area (TPSA) is 91.3 Å². The Morgan fingerprint density at radius 2 is 1.87 bits per heavy atom. The van der Waals surface area contributed by atoms with Crippen molar-refractivity contribution in [3.63, 3.8) is 0 Å². The van der Waals surface area contributed by atoms with Crippen molar-refractivity contribution in [2.45, 2.75) is 39.5 Å². The summed E-state index contributed by atoms with van der Waals surface area (Å²) in [7, 11) is 0. The first kappa shape index (κ1) is 19.9. The van der Waals surface area contributed by atoms with Gasteiger partial charge in [0.15, 0.2) is 5.78 Å². The molecule has 1 aromatic heterocycles. The van der Waals surface area contributed by atoms with Crippen molar-refractivity contribution in [3.8, 4) is 5.75 Å². The molecule has 1 aliphatic carbocycles. The molecule has 2 atom stereocenters. The van der Waals surface area contributed by atoms with Crippen molar-refractivity contribution < 1.29 is 14.7 Å². The average Bonchev–Trinajstić information content (AvgIpc) is 2.69. The van der Waals surface area contributed by atoms with E-state index in [1.165, 1.54) is 0 Å². The molecule has 0 radical (unpaired) electrons. The molecule has 0 unspecified atom stereocenters.